The largest absolute Gasteiger partial charge is 0.333 e. The molecule has 2 aliphatic rings. The number of piperazine rings is 1. The molecule has 3 rings (SSSR count). The monoisotopic (exact) mass is 385 g/mol. The number of hydrogen-bond acceptors (Lipinski definition) is 4. The molecule has 1 atom stereocenters. The molecule has 0 radical (unpaired) electrons. The molecule has 136 valence electrons. The van der Waals surface area contributed by atoms with Gasteiger partial charge >= 0.3 is 0 Å². The SMILES string of the molecule is Cl.O=C1CCC(=O)N1CCC(=O)N1CCNCC1c1cccc(Cl)c1. The Morgan fingerprint density at radius 2 is 1.96 bits per heavy atom. The Bertz CT molecular complexity index is 652. The molecule has 8 heteroatoms. The number of amides is 3. The lowest BCUT2D eigenvalue weighted by atomic mass is 10.0. The molecule has 2 heterocycles. The standard InChI is InChI=1S/C17H20ClN3O3.ClH/c18-13-3-1-2-12(10-13)14-11-19-7-9-20(14)17(24)6-8-21-15(22)4-5-16(21)23;/h1-3,10,14,19H,4-9,11H2;1H. The number of benzene rings is 1. The highest BCUT2D eigenvalue weighted by atomic mass is 35.5. The van der Waals surface area contributed by atoms with Crippen molar-refractivity contribution < 1.29 is 14.4 Å². The van der Waals surface area contributed by atoms with Crippen LogP contribution in [-0.4, -0.2) is 53.7 Å². The Morgan fingerprint density at radius 1 is 1.24 bits per heavy atom. The zero-order chi connectivity index (χ0) is 17.1. The topological polar surface area (TPSA) is 69.7 Å². The van der Waals surface area contributed by atoms with Crippen molar-refractivity contribution in [3.63, 3.8) is 0 Å². The number of hydrogen-bond donors (Lipinski definition) is 1. The minimum absolute atomic E-state index is 0. The minimum Gasteiger partial charge on any atom is -0.333 e. The van der Waals surface area contributed by atoms with Crippen LogP contribution in [0.4, 0.5) is 0 Å². The van der Waals surface area contributed by atoms with Gasteiger partial charge in [-0.15, -0.1) is 12.4 Å². The van der Waals surface area contributed by atoms with Gasteiger partial charge in [0.15, 0.2) is 0 Å². The molecule has 3 amide bonds. The summed E-state index contributed by atoms with van der Waals surface area (Å²) in [5.74, 6) is -0.409. The summed E-state index contributed by atoms with van der Waals surface area (Å²) in [5.41, 5.74) is 0.983. The van der Waals surface area contributed by atoms with Crippen molar-refractivity contribution in [3.8, 4) is 0 Å². The quantitative estimate of drug-likeness (QED) is 0.801. The van der Waals surface area contributed by atoms with E-state index < -0.39 is 0 Å². The molecule has 2 aliphatic heterocycles. The zero-order valence-electron chi connectivity index (χ0n) is 13.7. The van der Waals surface area contributed by atoms with Crippen LogP contribution in [0.1, 0.15) is 30.9 Å². The predicted octanol–water partition coefficient (Wildman–Crippen LogP) is 1.77. The van der Waals surface area contributed by atoms with Crippen molar-refractivity contribution in [2.45, 2.75) is 25.3 Å². The van der Waals surface area contributed by atoms with Crippen LogP contribution in [0.25, 0.3) is 0 Å². The number of carbonyl (C=O) groups is 3. The number of nitrogens with zero attached hydrogens (tertiary/aromatic N) is 2. The number of likely N-dealkylation sites (tertiary alicyclic amines) is 1. The van der Waals surface area contributed by atoms with Gasteiger partial charge in [-0.25, -0.2) is 0 Å². The molecular formula is C17H21Cl2N3O3. The average molecular weight is 386 g/mol. The Labute approximate surface area is 157 Å². The van der Waals surface area contributed by atoms with E-state index in [1.807, 2.05) is 23.1 Å². The maximum atomic E-state index is 12.7. The number of rotatable bonds is 4. The van der Waals surface area contributed by atoms with Crippen LogP contribution >= 0.6 is 24.0 Å². The van der Waals surface area contributed by atoms with Gasteiger partial charge in [0, 0.05) is 50.5 Å². The Morgan fingerprint density at radius 3 is 2.64 bits per heavy atom. The number of halogens is 2. The van der Waals surface area contributed by atoms with E-state index in [0.717, 1.165) is 12.1 Å². The summed E-state index contributed by atoms with van der Waals surface area (Å²) in [4.78, 5) is 39.0. The molecule has 0 saturated carbocycles. The average Bonchev–Trinajstić information content (AvgIpc) is 2.91. The summed E-state index contributed by atoms with van der Waals surface area (Å²) in [6.07, 6.45) is 0.673. The molecule has 1 aromatic rings. The zero-order valence-corrected chi connectivity index (χ0v) is 15.3. The van der Waals surface area contributed by atoms with Crippen molar-refractivity contribution >= 4 is 41.7 Å². The van der Waals surface area contributed by atoms with E-state index in [-0.39, 0.29) is 62.0 Å². The first kappa shape index (κ1) is 19.7. The van der Waals surface area contributed by atoms with Crippen LogP contribution in [0.15, 0.2) is 24.3 Å². The molecule has 6 nitrogen and oxygen atoms in total. The fraction of sp³-hybridized carbons (Fsp3) is 0.471. The first-order valence-corrected chi connectivity index (χ1v) is 8.53. The van der Waals surface area contributed by atoms with E-state index in [1.165, 1.54) is 4.90 Å². The number of carbonyl (C=O) groups excluding carboxylic acids is 3. The summed E-state index contributed by atoms with van der Waals surface area (Å²) < 4.78 is 0. The normalized spacial score (nSPS) is 20.6. The summed E-state index contributed by atoms with van der Waals surface area (Å²) in [5, 5.41) is 3.93. The van der Waals surface area contributed by atoms with E-state index in [2.05, 4.69) is 5.32 Å². The van der Waals surface area contributed by atoms with Crippen molar-refractivity contribution in [3.05, 3.63) is 34.9 Å². The Hall–Kier alpha value is -1.63. The van der Waals surface area contributed by atoms with Gasteiger partial charge in [0.25, 0.3) is 0 Å². The summed E-state index contributed by atoms with van der Waals surface area (Å²) in [6, 6.07) is 7.41. The third kappa shape index (κ3) is 4.51. The molecule has 0 aromatic heterocycles. The third-order valence-electron chi connectivity index (χ3n) is 4.50. The highest BCUT2D eigenvalue weighted by molar-refractivity contribution is 6.30. The van der Waals surface area contributed by atoms with Crippen molar-refractivity contribution in [2.24, 2.45) is 0 Å². The van der Waals surface area contributed by atoms with Crippen LogP contribution in [0.2, 0.25) is 5.02 Å². The molecule has 1 aromatic carbocycles. The fourth-order valence-electron chi connectivity index (χ4n) is 3.24. The maximum Gasteiger partial charge on any atom is 0.229 e. The molecular weight excluding hydrogens is 365 g/mol. The van der Waals surface area contributed by atoms with E-state index >= 15 is 0 Å². The van der Waals surface area contributed by atoms with Gasteiger partial charge in [0.2, 0.25) is 17.7 Å². The van der Waals surface area contributed by atoms with Gasteiger partial charge in [0.05, 0.1) is 6.04 Å². The molecule has 1 unspecified atom stereocenters. The maximum absolute atomic E-state index is 12.7. The highest BCUT2D eigenvalue weighted by Crippen LogP contribution is 2.25. The third-order valence-corrected chi connectivity index (χ3v) is 4.74. The highest BCUT2D eigenvalue weighted by Gasteiger charge is 2.31. The molecule has 0 aliphatic carbocycles. The minimum atomic E-state index is -0.181. The molecule has 2 fully saturated rings. The fourth-order valence-corrected chi connectivity index (χ4v) is 3.44. The lowest BCUT2D eigenvalue weighted by Crippen LogP contribution is -2.49. The molecule has 25 heavy (non-hydrogen) atoms. The second-order valence-electron chi connectivity index (χ2n) is 6.05. The van der Waals surface area contributed by atoms with Crippen LogP contribution in [0.5, 0.6) is 0 Å². The van der Waals surface area contributed by atoms with E-state index in [4.69, 9.17) is 11.6 Å². The summed E-state index contributed by atoms with van der Waals surface area (Å²) in [6.45, 7) is 2.15. The Balaban J connectivity index is 0.00000225. The van der Waals surface area contributed by atoms with Gasteiger partial charge in [0.1, 0.15) is 0 Å². The Kier molecular flexibility index (Phi) is 6.81. The second kappa shape index (κ2) is 8.65. The first-order valence-electron chi connectivity index (χ1n) is 8.15. The van der Waals surface area contributed by atoms with E-state index in [1.54, 1.807) is 6.07 Å². The summed E-state index contributed by atoms with van der Waals surface area (Å²) >= 11 is 6.07. The van der Waals surface area contributed by atoms with Gasteiger partial charge in [-0.1, -0.05) is 23.7 Å². The molecule has 2 saturated heterocycles. The van der Waals surface area contributed by atoms with Gasteiger partial charge < -0.3 is 10.2 Å². The van der Waals surface area contributed by atoms with Gasteiger partial charge in [-0.3, -0.25) is 19.3 Å². The van der Waals surface area contributed by atoms with Crippen molar-refractivity contribution in [1.82, 2.24) is 15.1 Å². The number of imide groups is 1. The summed E-state index contributed by atoms with van der Waals surface area (Å²) in [7, 11) is 0. The van der Waals surface area contributed by atoms with Crippen molar-refractivity contribution in [1.29, 1.82) is 0 Å². The van der Waals surface area contributed by atoms with Gasteiger partial charge in [-0.2, -0.15) is 0 Å². The molecule has 0 spiro atoms. The van der Waals surface area contributed by atoms with E-state index in [9.17, 15) is 14.4 Å². The molecule has 1 N–H and O–H groups in total. The first-order chi connectivity index (χ1) is 11.6. The lowest BCUT2D eigenvalue weighted by molar-refractivity contribution is -0.140. The van der Waals surface area contributed by atoms with E-state index in [0.29, 0.717) is 18.1 Å². The van der Waals surface area contributed by atoms with Gasteiger partial charge in [-0.05, 0) is 17.7 Å². The van der Waals surface area contributed by atoms with Crippen LogP contribution < -0.4 is 5.32 Å². The van der Waals surface area contributed by atoms with Crippen LogP contribution in [0, 0.1) is 0 Å². The second-order valence-corrected chi connectivity index (χ2v) is 6.49. The van der Waals surface area contributed by atoms with Crippen molar-refractivity contribution in [2.75, 3.05) is 26.2 Å². The predicted molar refractivity (Wildman–Crippen MR) is 96.6 cm³/mol. The molecule has 0 bridgehead atoms. The smallest absolute Gasteiger partial charge is 0.229 e. The lowest BCUT2D eigenvalue weighted by Gasteiger charge is -2.37. The number of nitrogens with one attached hydrogen (secondary N) is 1. The van der Waals surface area contributed by atoms with Crippen LogP contribution in [-0.2, 0) is 14.4 Å². The van der Waals surface area contributed by atoms with Crippen LogP contribution in [0.3, 0.4) is 0 Å².